The lowest BCUT2D eigenvalue weighted by molar-refractivity contribution is 0.112. The number of benzene rings is 1. The van der Waals surface area contributed by atoms with Crippen molar-refractivity contribution in [1.82, 2.24) is 0 Å². The molecule has 0 bridgehead atoms. The molecule has 19 heavy (non-hydrogen) atoms. The molecule has 1 aliphatic carbocycles. The normalized spacial score (nSPS) is 19.2. The van der Waals surface area contributed by atoms with Crippen LogP contribution in [-0.4, -0.2) is 19.4 Å². The van der Waals surface area contributed by atoms with Gasteiger partial charge in [-0.2, -0.15) is 0 Å². The van der Waals surface area contributed by atoms with Crippen molar-refractivity contribution < 1.29 is 4.79 Å². The summed E-state index contributed by atoms with van der Waals surface area (Å²) in [5.41, 5.74) is 2.13. The van der Waals surface area contributed by atoms with Gasteiger partial charge >= 0.3 is 0 Å². The molecule has 3 heteroatoms. The average Bonchev–Trinajstić information content (AvgIpc) is 2.37. The standard InChI is InChI=1S/C16H22ClNO/c1-16(2)8-6-14(7-9-16)18(3)15-5-4-13(17)10-12(15)11-19/h4-5,10-11,14H,6-9H2,1-3H3. The van der Waals surface area contributed by atoms with Crippen LogP contribution in [0.2, 0.25) is 5.02 Å². The highest BCUT2D eigenvalue weighted by molar-refractivity contribution is 6.31. The second-order valence-corrected chi connectivity index (χ2v) is 6.76. The van der Waals surface area contributed by atoms with Gasteiger partial charge in [0.2, 0.25) is 0 Å². The Bertz CT molecular complexity index is 460. The summed E-state index contributed by atoms with van der Waals surface area (Å²) in [5, 5.41) is 0.615. The van der Waals surface area contributed by atoms with Gasteiger partial charge < -0.3 is 4.90 Å². The van der Waals surface area contributed by atoms with Crippen LogP contribution < -0.4 is 4.90 Å². The molecular formula is C16H22ClNO. The molecule has 2 rings (SSSR count). The van der Waals surface area contributed by atoms with Crippen molar-refractivity contribution in [2.75, 3.05) is 11.9 Å². The summed E-state index contributed by atoms with van der Waals surface area (Å²) in [4.78, 5) is 13.4. The van der Waals surface area contributed by atoms with E-state index in [1.807, 2.05) is 12.1 Å². The fourth-order valence-electron chi connectivity index (χ4n) is 2.91. The van der Waals surface area contributed by atoms with E-state index < -0.39 is 0 Å². The van der Waals surface area contributed by atoms with E-state index in [4.69, 9.17) is 11.6 Å². The van der Waals surface area contributed by atoms with Crippen molar-refractivity contribution in [3.05, 3.63) is 28.8 Å². The molecule has 0 heterocycles. The molecule has 1 saturated carbocycles. The van der Waals surface area contributed by atoms with Crippen LogP contribution in [0.25, 0.3) is 0 Å². The Hall–Kier alpha value is -1.02. The Labute approximate surface area is 120 Å². The van der Waals surface area contributed by atoms with Crippen molar-refractivity contribution in [3.63, 3.8) is 0 Å². The number of hydrogen-bond donors (Lipinski definition) is 0. The lowest BCUT2D eigenvalue weighted by Gasteiger charge is -2.40. The van der Waals surface area contributed by atoms with E-state index in [-0.39, 0.29) is 0 Å². The number of aldehydes is 1. The SMILES string of the molecule is CN(c1ccc(Cl)cc1C=O)C1CCC(C)(C)CC1. The van der Waals surface area contributed by atoms with Crippen molar-refractivity contribution in [2.24, 2.45) is 5.41 Å². The average molecular weight is 280 g/mol. The van der Waals surface area contributed by atoms with Crippen molar-refractivity contribution in [1.29, 1.82) is 0 Å². The van der Waals surface area contributed by atoms with Crippen LogP contribution in [0.5, 0.6) is 0 Å². The monoisotopic (exact) mass is 279 g/mol. The molecule has 1 aromatic rings. The first kappa shape index (κ1) is 14.4. The van der Waals surface area contributed by atoms with Crippen LogP contribution in [-0.2, 0) is 0 Å². The fraction of sp³-hybridized carbons (Fsp3) is 0.562. The maximum Gasteiger partial charge on any atom is 0.152 e. The minimum atomic E-state index is 0.463. The van der Waals surface area contributed by atoms with Crippen LogP contribution >= 0.6 is 11.6 Å². The highest BCUT2D eigenvalue weighted by atomic mass is 35.5. The molecule has 0 amide bonds. The number of rotatable bonds is 3. The lowest BCUT2D eigenvalue weighted by Crippen LogP contribution is -2.37. The van der Waals surface area contributed by atoms with Gasteiger partial charge in [0.1, 0.15) is 0 Å². The number of hydrogen-bond acceptors (Lipinski definition) is 2. The molecule has 0 aromatic heterocycles. The zero-order chi connectivity index (χ0) is 14.0. The third kappa shape index (κ3) is 3.30. The molecule has 0 unspecified atom stereocenters. The number of halogens is 1. The molecule has 0 N–H and O–H groups in total. The van der Waals surface area contributed by atoms with E-state index in [1.54, 1.807) is 6.07 Å². The first-order valence-corrected chi connectivity index (χ1v) is 7.28. The van der Waals surface area contributed by atoms with E-state index in [2.05, 4.69) is 25.8 Å². The minimum absolute atomic E-state index is 0.463. The van der Waals surface area contributed by atoms with Crippen LogP contribution in [0.3, 0.4) is 0 Å². The van der Waals surface area contributed by atoms with Crippen molar-refractivity contribution in [3.8, 4) is 0 Å². The zero-order valence-corrected chi connectivity index (χ0v) is 12.7. The highest BCUT2D eigenvalue weighted by Gasteiger charge is 2.29. The maximum absolute atomic E-state index is 11.2. The summed E-state index contributed by atoms with van der Waals surface area (Å²) in [7, 11) is 2.08. The predicted octanol–water partition coefficient (Wildman–Crippen LogP) is 4.56. The lowest BCUT2D eigenvalue weighted by atomic mass is 9.75. The third-order valence-corrected chi connectivity index (χ3v) is 4.59. The third-order valence-electron chi connectivity index (χ3n) is 4.35. The van der Waals surface area contributed by atoms with Gasteiger partial charge in [-0.1, -0.05) is 25.4 Å². The molecule has 104 valence electrons. The summed E-state index contributed by atoms with van der Waals surface area (Å²) in [6.45, 7) is 4.67. The number of nitrogens with zero attached hydrogens (tertiary/aromatic N) is 1. The Balaban J connectivity index is 2.16. The van der Waals surface area contributed by atoms with E-state index >= 15 is 0 Å². The molecule has 0 radical (unpaired) electrons. The van der Waals surface area contributed by atoms with Gasteiger partial charge in [0.15, 0.2) is 6.29 Å². The van der Waals surface area contributed by atoms with Crippen molar-refractivity contribution >= 4 is 23.6 Å². The first-order chi connectivity index (χ1) is 8.93. The van der Waals surface area contributed by atoms with E-state index in [9.17, 15) is 4.79 Å². The van der Waals surface area contributed by atoms with Crippen LogP contribution in [0.4, 0.5) is 5.69 Å². The molecule has 0 spiro atoms. The van der Waals surface area contributed by atoms with Crippen molar-refractivity contribution in [2.45, 2.75) is 45.6 Å². The number of carbonyl (C=O) groups is 1. The van der Waals surface area contributed by atoms with E-state index in [0.29, 0.717) is 22.0 Å². The van der Waals surface area contributed by atoms with Crippen LogP contribution in [0, 0.1) is 5.41 Å². The minimum Gasteiger partial charge on any atom is -0.371 e. The van der Waals surface area contributed by atoms with Gasteiger partial charge in [-0.25, -0.2) is 0 Å². The Kier molecular flexibility index (Phi) is 4.19. The fourth-order valence-corrected chi connectivity index (χ4v) is 3.09. The van der Waals surface area contributed by atoms with Gasteiger partial charge in [-0.3, -0.25) is 4.79 Å². The Morgan fingerprint density at radius 2 is 1.95 bits per heavy atom. The largest absolute Gasteiger partial charge is 0.371 e. The van der Waals surface area contributed by atoms with Gasteiger partial charge in [-0.05, 0) is 49.3 Å². The zero-order valence-electron chi connectivity index (χ0n) is 11.9. The number of anilines is 1. The van der Waals surface area contributed by atoms with Gasteiger partial charge in [0, 0.05) is 29.4 Å². The topological polar surface area (TPSA) is 20.3 Å². The van der Waals surface area contributed by atoms with Gasteiger partial charge in [0.25, 0.3) is 0 Å². The molecule has 0 saturated heterocycles. The second kappa shape index (κ2) is 5.54. The molecule has 1 aliphatic rings. The summed E-state index contributed by atoms with van der Waals surface area (Å²) in [5.74, 6) is 0. The molecule has 0 aliphatic heterocycles. The Morgan fingerprint density at radius 1 is 1.32 bits per heavy atom. The Morgan fingerprint density at radius 3 is 2.53 bits per heavy atom. The van der Waals surface area contributed by atoms with Crippen LogP contribution in [0.1, 0.15) is 49.9 Å². The summed E-state index contributed by atoms with van der Waals surface area (Å²) in [6.07, 6.45) is 5.75. The molecule has 2 nitrogen and oxygen atoms in total. The summed E-state index contributed by atoms with van der Waals surface area (Å²) >= 11 is 5.95. The predicted molar refractivity (Wildman–Crippen MR) is 81.3 cm³/mol. The highest BCUT2D eigenvalue weighted by Crippen LogP contribution is 2.38. The first-order valence-electron chi connectivity index (χ1n) is 6.90. The van der Waals surface area contributed by atoms with E-state index in [1.165, 1.54) is 25.7 Å². The van der Waals surface area contributed by atoms with Gasteiger partial charge in [-0.15, -0.1) is 0 Å². The summed E-state index contributed by atoms with van der Waals surface area (Å²) in [6, 6.07) is 6.07. The molecule has 1 aromatic carbocycles. The maximum atomic E-state index is 11.2. The molecular weight excluding hydrogens is 258 g/mol. The second-order valence-electron chi connectivity index (χ2n) is 6.33. The molecule has 0 atom stereocenters. The quantitative estimate of drug-likeness (QED) is 0.756. The van der Waals surface area contributed by atoms with E-state index in [0.717, 1.165) is 12.0 Å². The van der Waals surface area contributed by atoms with Crippen LogP contribution in [0.15, 0.2) is 18.2 Å². The summed E-state index contributed by atoms with van der Waals surface area (Å²) < 4.78 is 0. The smallest absolute Gasteiger partial charge is 0.152 e. The van der Waals surface area contributed by atoms with Gasteiger partial charge in [0.05, 0.1) is 0 Å². The molecule has 1 fully saturated rings. The number of carbonyl (C=O) groups excluding carboxylic acids is 1.